The molecule has 0 fully saturated rings. The largest absolute Gasteiger partial charge is 0.364 e. The van der Waals surface area contributed by atoms with Crippen LogP contribution < -0.4 is 5.32 Å². The van der Waals surface area contributed by atoms with Crippen molar-refractivity contribution in [2.45, 2.75) is 26.4 Å². The molecule has 1 N–H and O–H groups in total. The number of aromatic nitrogens is 4. The Bertz CT molecular complexity index is 1040. The fraction of sp³-hybridized carbons (Fsp3) is 0.190. The van der Waals surface area contributed by atoms with Gasteiger partial charge in [-0.15, -0.1) is 0 Å². The molecule has 4 rings (SSSR count). The van der Waals surface area contributed by atoms with E-state index in [0.717, 1.165) is 29.7 Å². The Kier molecular flexibility index (Phi) is 5.03. The number of hydrogen-bond donors (Lipinski definition) is 1. The summed E-state index contributed by atoms with van der Waals surface area (Å²) in [6.07, 6.45) is 2.79. The third-order valence-corrected chi connectivity index (χ3v) is 4.59. The van der Waals surface area contributed by atoms with Crippen molar-refractivity contribution in [3.8, 4) is 11.1 Å². The lowest BCUT2D eigenvalue weighted by Gasteiger charge is -2.08. The van der Waals surface area contributed by atoms with Gasteiger partial charge in [0.15, 0.2) is 17.0 Å². The van der Waals surface area contributed by atoms with Gasteiger partial charge >= 0.3 is 0 Å². The maximum Gasteiger partial charge on any atom is 0.226 e. The van der Waals surface area contributed by atoms with Gasteiger partial charge in [0.2, 0.25) is 5.28 Å². The van der Waals surface area contributed by atoms with Crippen molar-refractivity contribution in [2.24, 2.45) is 0 Å². The number of hydrogen-bond acceptors (Lipinski definition) is 4. The van der Waals surface area contributed by atoms with Crippen molar-refractivity contribution >= 4 is 28.6 Å². The van der Waals surface area contributed by atoms with Crippen molar-refractivity contribution in [1.82, 2.24) is 19.5 Å². The van der Waals surface area contributed by atoms with E-state index in [2.05, 4.69) is 63.6 Å². The van der Waals surface area contributed by atoms with Crippen molar-refractivity contribution in [3.05, 3.63) is 71.8 Å². The second-order valence-electron chi connectivity index (χ2n) is 6.37. The molecular formula is C21H20ClN5. The summed E-state index contributed by atoms with van der Waals surface area (Å²) in [5.41, 5.74) is 5.07. The summed E-state index contributed by atoms with van der Waals surface area (Å²) in [4.78, 5) is 13.1. The minimum Gasteiger partial charge on any atom is -0.364 e. The SMILES string of the molecule is CCCn1cnc2c(NCc3ccc(-c4ccccc4)cc3)nc(Cl)nc21. The first-order chi connectivity index (χ1) is 13.2. The molecule has 2 aromatic carbocycles. The Morgan fingerprint density at radius 2 is 1.70 bits per heavy atom. The van der Waals surface area contributed by atoms with Crippen molar-refractivity contribution in [2.75, 3.05) is 5.32 Å². The second kappa shape index (κ2) is 7.76. The number of imidazole rings is 1. The summed E-state index contributed by atoms with van der Waals surface area (Å²) in [5.74, 6) is 0.659. The first-order valence-corrected chi connectivity index (χ1v) is 9.39. The molecule has 0 saturated heterocycles. The smallest absolute Gasteiger partial charge is 0.226 e. The molecule has 0 bridgehead atoms. The van der Waals surface area contributed by atoms with Crippen molar-refractivity contribution < 1.29 is 0 Å². The summed E-state index contributed by atoms with van der Waals surface area (Å²) in [5, 5.41) is 3.57. The van der Waals surface area contributed by atoms with Gasteiger partial charge in [-0.3, -0.25) is 0 Å². The molecule has 2 heterocycles. The zero-order chi connectivity index (χ0) is 18.6. The van der Waals surface area contributed by atoms with E-state index in [1.54, 1.807) is 6.33 Å². The molecule has 4 aromatic rings. The van der Waals surface area contributed by atoms with Crippen LogP contribution in [-0.2, 0) is 13.1 Å². The van der Waals surface area contributed by atoms with Gasteiger partial charge in [-0.05, 0) is 34.7 Å². The predicted octanol–water partition coefficient (Wildman–Crippen LogP) is 5.17. The fourth-order valence-corrected chi connectivity index (χ4v) is 3.24. The zero-order valence-corrected chi connectivity index (χ0v) is 15.8. The summed E-state index contributed by atoms with van der Waals surface area (Å²) >= 11 is 6.12. The van der Waals surface area contributed by atoms with Crippen LogP contribution in [0, 0.1) is 0 Å². The van der Waals surface area contributed by atoms with Gasteiger partial charge in [0.25, 0.3) is 0 Å². The maximum atomic E-state index is 6.12. The van der Waals surface area contributed by atoms with E-state index in [-0.39, 0.29) is 5.28 Å². The number of nitrogens with one attached hydrogen (secondary N) is 1. The van der Waals surface area contributed by atoms with Crippen LogP contribution in [0.2, 0.25) is 5.28 Å². The molecular weight excluding hydrogens is 358 g/mol. The minimum atomic E-state index is 0.224. The lowest BCUT2D eigenvalue weighted by molar-refractivity contribution is 0.691. The molecule has 136 valence electrons. The van der Waals surface area contributed by atoms with Crippen LogP contribution in [0.1, 0.15) is 18.9 Å². The Morgan fingerprint density at radius 1 is 0.963 bits per heavy atom. The van der Waals surface area contributed by atoms with E-state index in [4.69, 9.17) is 11.6 Å². The highest BCUT2D eigenvalue weighted by Crippen LogP contribution is 2.23. The van der Waals surface area contributed by atoms with E-state index in [1.165, 1.54) is 11.1 Å². The highest BCUT2D eigenvalue weighted by Gasteiger charge is 2.12. The molecule has 5 nitrogen and oxygen atoms in total. The summed E-state index contributed by atoms with van der Waals surface area (Å²) in [6, 6.07) is 18.8. The molecule has 0 aliphatic heterocycles. The van der Waals surface area contributed by atoms with E-state index < -0.39 is 0 Å². The van der Waals surface area contributed by atoms with Crippen LogP contribution in [0.25, 0.3) is 22.3 Å². The number of nitrogens with zero attached hydrogens (tertiary/aromatic N) is 4. The van der Waals surface area contributed by atoms with E-state index in [9.17, 15) is 0 Å². The molecule has 0 atom stereocenters. The van der Waals surface area contributed by atoms with Gasteiger partial charge in [-0.1, -0.05) is 61.5 Å². The summed E-state index contributed by atoms with van der Waals surface area (Å²) < 4.78 is 2.00. The molecule has 0 aliphatic carbocycles. The van der Waals surface area contributed by atoms with Crippen LogP contribution in [0.4, 0.5) is 5.82 Å². The van der Waals surface area contributed by atoms with Gasteiger partial charge < -0.3 is 9.88 Å². The first-order valence-electron chi connectivity index (χ1n) is 9.01. The first kappa shape index (κ1) is 17.5. The standard InChI is InChI=1S/C21H20ClN5/c1-2-12-27-14-24-18-19(25-21(22)26-20(18)27)23-13-15-8-10-17(11-9-15)16-6-4-3-5-7-16/h3-11,14H,2,12-13H2,1H3,(H,23,25,26). The molecule has 27 heavy (non-hydrogen) atoms. The highest BCUT2D eigenvalue weighted by molar-refractivity contribution is 6.28. The van der Waals surface area contributed by atoms with Gasteiger partial charge in [-0.2, -0.15) is 9.97 Å². The average molecular weight is 378 g/mol. The number of rotatable bonds is 6. The Balaban J connectivity index is 1.53. The average Bonchev–Trinajstić information content (AvgIpc) is 3.10. The van der Waals surface area contributed by atoms with Gasteiger partial charge in [0, 0.05) is 13.1 Å². The van der Waals surface area contributed by atoms with Crippen LogP contribution in [0.3, 0.4) is 0 Å². The predicted molar refractivity (Wildman–Crippen MR) is 110 cm³/mol. The van der Waals surface area contributed by atoms with Gasteiger partial charge in [0.05, 0.1) is 6.33 Å². The monoisotopic (exact) mass is 377 g/mol. The molecule has 6 heteroatoms. The number of halogens is 1. The van der Waals surface area contributed by atoms with Crippen LogP contribution in [0.5, 0.6) is 0 Å². The quantitative estimate of drug-likeness (QED) is 0.471. The summed E-state index contributed by atoms with van der Waals surface area (Å²) in [7, 11) is 0. The van der Waals surface area contributed by atoms with Crippen molar-refractivity contribution in [1.29, 1.82) is 0 Å². The Hall–Kier alpha value is -2.92. The minimum absolute atomic E-state index is 0.224. The number of benzene rings is 2. The maximum absolute atomic E-state index is 6.12. The van der Waals surface area contributed by atoms with E-state index in [1.807, 2.05) is 22.8 Å². The zero-order valence-electron chi connectivity index (χ0n) is 15.1. The lowest BCUT2D eigenvalue weighted by atomic mass is 10.0. The third-order valence-electron chi connectivity index (χ3n) is 4.42. The topological polar surface area (TPSA) is 55.6 Å². The third kappa shape index (κ3) is 3.78. The highest BCUT2D eigenvalue weighted by atomic mass is 35.5. The lowest BCUT2D eigenvalue weighted by Crippen LogP contribution is -2.04. The van der Waals surface area contributed by atoms with Crippen LogP contribution >= 0.6 is 11.6 Å². The van der Waals surface area contributed by atoms with Crippen LogP contribution in [0.15, 0.2) is 60.9 Å². The molecule has 0 spiro atoms. The Morgan fingerprint density at radius 3 is 2.44 bits per heavy atom. The number of aryl methyl sites for hydroxylation is 1. The summed E-state index contributed by atoms with van der Waals surface area (Å²) in [6.45, 7) is 3.61. The molecule has 0 aliphatic rings. The fourth-order valence-electron chi connectivity index (χ4n) is 3.08. The molecule has 0 amide bonds. The van der Waals surface area contributed by atoms with Gasteiger partial charge in [-0.25, -0.2) is 4.98 Å². The van der Waals surface area contributed by atoms with Crippen molar-refractivity contribution in [3.63, 3.8) is 0 Å². The Labute approximate surface area is 163 Å². The van der Waals surface area contributed by atoms with Crippen LogP contribution in [-0.4, -0.2) is 19.5 Å². The molecule has 2 aromatic heterocycles. The molecule has 0 radical (unpaired) electrons. The van der Waals surface area contributed by atoms with E-state index in [0.29, 0.717) is 12.4 Å². The number of anilines is 1. The second-order valence-corrected chi connectivity index (χ2v) is 6.71. The van der Waals surface area contributed by atoms with E-state index >= 15 is 0 Å². The molecule has 0 saturated carbocycles. The van der Waals surface area contributed by atoms with Gasteiger partial charge in [0.1, 0.15) is 0 Å². The normalized spacial score (nSPS) is 11.0. The number of fused-ring (bicyclic) bond motifs is 1. The molecule has 0 unspecified atom stereocenters.